The number of nitrogens with zero attached hydrogens (tertiary/aromatic N) is 3. The molecule has 0 atom stereocenters. The number of amides is 1. The number of thiazole rings is 2. The lowest BCUT2D eigenvalue weighted by molar-refractivity contribution is 0.103. The number of carbonyl (C=O) groups excluding carboxylic acids is 1. The maximum atomic E-state index is 12.3. The van der Waals surface area contributed by atoms with Gasteiger partial charge in [0.1, 0.15) is 9.88 Å². The molecule has 106 valence electrons. The SMILES string of the molecule is Cc1cnc(NC(=O)c2sc(-c3ccccn3)nc2C)s1. The van der Waals surface area contributed by atoms with Crippen LogP contribution >= 0.6 is 22.7 Å². The number of carbonyl (C=O) groups is 1. The van der Waals surface area contributed by atoms with Gasteiger partial charge in [-0.25, -0.2) is 9.97 Å². The van der Waals surface area contributed by atoms with Crippen molar-refractivity contribution in [2.75, 3.05) is 5.32 Å². The Bertz CT molecular complexity index is 779. The second-order valence-corrected chi connectivity index (χ2v) is 6.61. The van der Waals surface area contributed by atoms with Gasteiger partial charge >= 0.3 is 0 Å². The highest BCUT2D eigenvalue weighted by Gasteiger charge is 2.17. The third-order valence-corrected chi connectivity index (χ3v) is 4.74. The average molecular weight is 316 g/mol. The van der Waals surface area contributed by atoms with E-state index in [4.69, 9.17) is 0 Å². The van der Waals surface area contributed by atoms with Crippen LogP contribution in [0.15, 0.2) is 30.6 Å². The second kappa shape index (κ2) is 5.71. The Labute approximate surface area is 129 Å². The van der Waals surface area contributed by atoms with Crippen molar-refractivity contribution in [3.8, 4) is 10.7 Å². The molecular weight excluding hydrogens is 304 g/mol. The molecule has 0 saturated heterocycles. The van der Waals surface area contributed by atoms with Gasteiger partial charge in [0.05, 0.1) is 11.4 Å². The van der Waals surface area contributed by atoms with Gasteiger partial charge in [0.2, 0.25) is 0 Å². The lowest BCUT2D eigenvalue weighted by atomic mass is 10.3. The summed E-state index contributed by atoms with van der Waals surface area (Å²) >= 11 is 2.79. The zero-order chi connectivity index (χ0) is 14.8. The molecule has 0 spiro atoms. The minimum Gasteiger partial charge on any atom is -0.297 e. The predicted molar refractivity (Wildman–Crippen MR) is 84.9 cm³/mol. The van der Waals surface area contributed by atoms with Gasteiger partial charge in [-0.1, -0.05) is 6.07 Å². The minimum absolute atomic E-state index is 0.179. The van der Waals surface area contributed by atoms with E-state index in [1.165, 1.54) is 22.7 Å². The van der Waals surface area contributed by atoms with Crippen molar-refractivity contribution >= 4 is 33.7 Å². The van der Waals surface area contributed by atoms with Crippen LogP contribution in [0.2, 0.25) is 0 Å². The largest absolute Gasteiger partial charge is 0.297 e. The quantitative estimate of drug-likeness (QED) is 0.802. The second-order valence-electron chi connectivity index (χ2n) is 4.38. The van der Waals surface area contributed by atoms with Crippen molar-refractivity contribution in [1.29, 1.82) is 0 Å². The molecule has 0 unspecified atom stereocenters. The molecule has 0 aromatic carbocycles. The topological polar surface area (TPSA) is 67.8 Å². The molecule has 3 aromatic rings. The molecule has 3 heterocycles. The smallest absolute Gasteiger partial charge is 0.269 e. The van der Waals surface area contributed by atoms with Crippen LogP contribution in [0.25, 0.3) is 10.7 Å². The Kier molecular flexibility index (Phi) is 3.76. The van der Waals surface area contributed by atoms with E-state index >= 15 is 0 Å². The highest BCUT2D eigenvalue weighted by atomic mass is 32.1. The molecule has 3 aromatic heterocycles. The van der Waals surface area contributed by atoms with Gasteiger partial charge < -0.3 is 0 Å². The van der Waals surface area contributed by atoms with E-state index in [1.807, 2.05) is 32.0 Å². The fourth-order valence-corrected chi connectivity index (χ4v) is 3.37. The fraction of sp³-hybridized carbons (Fsp3) is 0.143. The molecule has 0 bridgehead atoms. The first kappa shape index (κ1) is 13.8. The van der Waals surface area contributed by atoms with Crippen molar-refractivity contribution in [3.05, 3.63) is 46.0 Å². The number of nitrogens with one attached hydrogen (secondary N) is 1. The molecule has 0 saturated carbocycles. The number of aromatic nitrogens is 3. The summed E-state index contributed by atoms with van der Waals surface area (Å²) in [7, 11) is 0. The van der Waals surface area contributed by atoms with Crippen LogP contribution < -0.4 is 5.32 Å². The Morgan fingerprint density at radius 3 is 2.71 bits per heavy atom. The molecule has 5 nitrogen and oxygen atoms in total. The van der Waals surface area contributed by atoms with Gasteiger partial charge in [-0.3, -0.25) is 15.1 Å². The number of hydrogen-bond donors (Lipinski definition) is 1. The number of aryl methyl sites for hydroxylation is 2. The van der Waals surface area contributed by atoms with E-state index in [0.29, 0.717) is 15.7 Å². The van der Waals surface area contributed by atoms with E-state index in [2.05, 4.69) is 20.3 Å². The number of pyridine rings is 1. The summed E-state index contributed by atoms with van der Waals surface area (Å²) in [5.74, 6) is -0.179. The van der Waals surface area contributed by atoms with E-state index in [-0.39, 0.29) is 5.91 Å². The predicted octanol–water partition coefficient (Wildman–Crippen LogP) is 3.53. The van der Waals surface area contributed by atoms with E-state index in [1.54, 1.807) is 12.4 Å². The first-order chi connectivity index (χ1) is 10.1. The standard InChI is InChI=1S/C14H12N4OS2/c1-8-7-16-14(20-8)18-12(19)11-9(2)17-13(21-11)10-5-3-4-6-15-10/h3-7H,1-2H3,(H,16,18,19). The average Bonchev–Trinajstić information content (AvgIpc) is 3.06. The van der Waals surface area contributed by atoms with Crippen LogP contribution in [0.1, 0.15) is 20.2 Å². The van der Waals surface area contributed by atoms with Gasteiger partial charge in [0, 0.05) is 17.3 Å². The third kappa shape index (κ3) is 2.98. The molecule has 7 heteroatoms. The highest BCUT2D eigenvalue weighted by molar-refractivity contribution is 7.17. The van der Waals surface area contributed by atoms with Crippen LogP contribution in [0, 0.1) is 13.8 Å². The fourth-order valence-electron chi connectivity index (χ4n) is 1.77. The summed E-state index contributed by atoms with van der Waals surface area (Å²) in [6, 6.07) is 5.63. The summed E-state index contributed by atoms with van der Waals surface area (Å²) < 4.78 is 0. The van der Waals surface area contributed by atoms with Gasteiger partial charge in [0.15, 0.2) is 5.13 Å². The molecule has 0 fully saturated rings. The zero-order valence-electron chi connectivity index (χ0n) is 11.5. The van der Waals surface area contributed by atoms with Gasteiger partial charge in [-0.2, -0.15) is 0 Å². The van der Waals surface area contributed by atoms with E-state index < -0.39 is 0 Å². The summed E-state index contributed by atoms with van der Waals surface area (Å²) in [6.45, 7) is 3.77. The molecule has 0 aliphatic carbocycles. The van der Waals surface area contributed by atoms with E-state index in [0.717, 1.165) is 15.6 Å². The molecule has 21 heavy (non-hydrogen) atoms. The molecular formula is C14H12N4OS2. The first-order valence-corrected chi connectivity index (χ1v) is 7.89. The maximum absolute atomic E-state index is 12.3. The summed E-state index contributed by atoms with van der Waals surface area (Å²) in [5.41, 5.74) is 1.47. The normalized spacial score (nSPS) is 10.6. The van der Waals surface area contributed by atoms with Gasteiger partial charge in [0.25, 0.3) is 5.91 Å². The molecule has 0 aliphatic heterocycles. The minimum atomic E-state index is -0.179. The number of rotatable bonds is 3. The van der Waals surface area contributed by atoms with Crippen LogP contribution in [-0.4, -0.2) is 20.9 Å². The number of anilines is 1. The Hall–Kier alpha value is -2.12. The number of hydrogen-bond acceptors (Lipinski definition) is 6. The zero-order valence-corrected chi connectivity index (χ0v) is 13.1. The van der Waals surface area contributed by atoms with Crippen LogP contribution in [0.5, 0.6) is 0 Å². The van der Waals surface area contributed by atoms with Crippen molar-refractivity contribution in [2.24, 2.45) is 0 Å². The van der Waals surface area contributed by atoms with Crippen LogP contribution in [-0.2, 0) is 0 Å². The molecule has 3 rings (SSSR count). The Morgan fingerprint density at radius 2 is 2.05 bits per heavy atom. The molecule has 0 aliphatic rings. The van der Waals surface area contributed by atoms with Crippen molar-refractivity contribution < 1.29 is 4.79 Å². The Balaban J connectivity index is 1.86. The van der Waals surface area contributed by atoms with Crippen molar-refractivity contribution in [2.45, 2.75) is 13.8 Å². The third-order valence-electron chi connectivity index (χ3n) is 2.73. The summed E-state index contributed by atoms with van der Waals surface area (Å²) in [5, 5.41) is 4.15. The summed E-state index contributed by atoms with van der Waals surface area (Å²) in [4.78, 5) is 26.8. The summed E-state index contributed by atoms with van der Waals surface area (Å²) in [6.07, 6.45) is 3.45. The van der Waals surface area contributed by atoms with Crippen molar-refractivity contribution in [3.63, 3.8) is 0 Å². The lowest BCUT2D eigenvalue weighted by Gasteiger charge is -1.98. The van der Waals surface area contributed by atoms with Gasteiger partial charge in [-0.05, 0) is 26.0 Å². The van der Waals surface area contributed by atoms with Crippen LogP contribution in [0.3, 0.4) is 0 Å². The Morgan fingerprint density at radius 1 is 1.19 bits per heavy atom. The molecule has 1 amide bonds. The molecule has 0 radical (unpaired) electrons. The monoisotopic (exact) mass is 316 g/mol. The van der Waals surface area contributed by atoms with Crippen molar-refractivity contribution in [1.82, 2.24) is 15.0 Å². The van der Waals surface area contributed by atoms with E-state index in [9.17, 15) is 4.79 Å². The maximum Gasteiger partial charge on any atom is 0.269 e. The lowest BCUT2D eigenvalue weighted by Crippen LogP contribution is -2.11. The molecule has 1 N–H and O–H groups in total. The van der Waals surface area contributed by atoms with Crippen LogP contribution in [0.4, 0.5) is 5.13 Å². The highest BCUT2D eigenvalue weighted by Crippen LogP contribution is 2.27. The van der Waals surface area contributed by atoms with Gasteiger partial charge in [-0.15, -0.1) is 22.7 Å². The first-order valence-electron chi connectivity index (χ1n) is 6.26.